The molecule has 1 saturated carbocycles. The second-order valence-corrected chi connectivity index (χ2v) is 6.82. The average molecular weight is 365 g/mol. The van der Waals surface area contributed by atoms with Crippen molar-refractivity contribution in [1.82, 2.24) is 4.90 Å². The van der Waals surface area contributed by atoms with Crippen molar-refractivity contribution in [2.75, 3.05) is 27.4 Å². The maximum Gasteiger partial charge on any atom is 0.225 e. The molecule has 0 spiro atoms. The van der Waals surface area contributed by atoms with Crippen LogP contribution in [0.2, 0.25) is 0 Å². The summed E-state index contributed by atoms with van der Waals surface area (Å²) in [6.45, 7) is 0.528. The number of hydrogen-bond acceptors (Lipinski definition) is 5. The Labute approximate surface area is 157 Å². The highest BCUT2D eigenvalue weighted by atomic mass is 16.5. The highest BCUT2D eigenvalue weighted by Crippen LogP contribution is 2.30. The van der Waals surface area contributed by atoms with Crippen molar-refractivity contribution in [2.45, 2.75) is 56.7 Å². The van der Waals surface area contributed by atoms with E-state index in [0.717, 1.165) is 31.2 Å². The third-order valence-electron chi connectivity index (χ3n) is 5.16. The number of methoxy groups -OCH3 is 2. The molecule has 0 radical (unpaired) electrons. The molecule has 6 nitrogen and oxygen atoms in total. The van der Waals surface area contributed by atoms with Crippen molar-refractivity contribution in [3.63, 3.8) is 0 Å². The molecule has 144 valence electrons. The number of amides is 1. The number of ether oxygens (including phenoxy) is 3. The summed E-state index contributed by atoms with van der Waals surface area (Å²) in [5, 5.41) is 9.93. The van der Waals surface area contributed by atoms with Gasteiger partial charge in [0.1, 0.15) is 0 Å². The molecular weight excluding hydrogens is 334 g/mol. The molecule has 1 aromatic rings. The van der Waals surface area contributed by atoms with Crippen LogP contribution in [-0.2, 0) is 16.0 Å². The van der Waals surface area contributed by atoms with Gasteiger partial charge in [0.05, 0.1) is 45.4 Å². The Morgan fingerprint density at radius 2 is 2.00 bits per heavy atom. The van der Waals surface area contributed by atoms with Gasteiger partial charge < -0.3 is 24.2 Å². The number of carbonyl (C=O) groups excluding carboxylic acids is 1. The second-order valence-electron chi connectivity index (χ2n) is 6.82. The van der Waals surface area contributed by atoms with E-state index in [4.69, 9.17) is 17.0 Å². The summed E-state index contributed by atoms with van der Waals surface area (Å²) in [5.74, 6) is 0.731. The van der Waals surface area contributed by atoms with Crippen LogP contribution in [-0.4, -0.2) is 61.5 Å². The Morgan fingerprint density at radius 1 is 1.23 bits per heavy atom. The van der Waals surface area contributed by atoms with E-state index in [0.29, 0.717) is 24.5 Å². The van der Waals surface area contributed by atoms with Crippen molar-refractivity contribution in [2.24, 2.45) is 0 Å². The lowest BCUT2D eigenvalue weighted by molar-refractivity contribution is -0.134. The van der Waals surface area contributed by atoms with Gasteiger partial charge in [0.2, 0.25) is 5.91 Å². The topological polar surface area (TPSA) is 68.2 Å². The first-order valence-corrected chi connectivity index (χ1v) is 9.20. The molecule has 1 aliphatic carbocycles. The van der Waals surface area contributed by atoms with Crippen molar-refractivity contribution >= 4 is 5.91 Å². The number of hydrogen-bond donors (Lipinski definition) is 1. The number of benzene rings is 1. The van der Waals surface area contributed by atoms with Crippen molar-refractivity contribution in [1.29, 1.82) is 0 Å². The van der Waals surface area contributed by atoms with Gasteiger partial charge in [-0.3, -0.25) is 4.79 Å². The van der Waals surface area contributed by atoms with E-state index in [2.05, 4.69) is 0 Å². The zero-order valence-electron chi connectivity index (χ0n) is 17.4. The van der Waals surface area contributed by atoms with Crippen LogP contribution in [0.15, 0.2) is 18.2 Å². The van der Waals surface area contributed by atoms with Crippen LogP contribution in [0, 0.1) is 0 Å². The number of rotatable bonds is 7. The molecule has 2 fully saturated rings. The second kappa shape index (κ2) is 8.73. The fourth-order valence-corrected chi connectivity index (χ4v) is 3.82. The molecule has 2 aliphatic rings. The molecule has 1 aromatic carbocycles. The summed E-state index contributed by atoms with van der Waals surface area (Å²) in [4.78, 5) is 13.9. The zero-order chi connectivity index (χ0) is 20.3. The minimum absolute atomic E-state index is 0.0338. The summed E-state index contributed by atoms with van der Waals surface area (Å²) >= 11 is 0. The molecule has 6 heteroatoms. The van der Waals surface area contributed by atoms with Crippen LogP contribution in [0.4, 0.5) is 0 Å². The smallest absolute Gasteiger partial charge is 0.225 e. The lowest BCUT2D eigenvalue weighted by atomic mass is 9.91. The predicted molar refractivity (Wildman–Crippen MR) is 97.6 cm³/mol. The SMILES string of the molecule is [2H]C1([2H])C(=O)N([C@@H]2CCCCC2OCCc2ccc(OC)c(OC)c2)C[C@@H]1O. The number of β-amino-alcohol motifs (C(OH)–C–C–N with tert-alkyl or cyclic N) is 1. The molecule has 1 N–H and O–H groups in total. The molecule has 0 aromatic heterocycles. The Kier molecular flexibility index (Phi) is 5.50. The minimum Gasteiger partial charge on any atom is -0.493 e. The van der Waals surface area contributed by atoms with Gasteiger partial charge in [-0.05, 0) is 37.0 Å². The van der Waals surface area contributed by atoms with E-state index >= 15 is 0 Å². The molecule has 1 amide bonds. The molecular formula is C20H29NO5. The molecule has 1 aliphatic heterocycles. The molecule has 3 atom stereocenters. The van der Waals surface area contributed by atoms with Crippen LogP contribution in [0.5, 0.6) is 11.5 Å². The normalized spacial score (nSPS) is 29.3. The predicted octanol–water partition coefficient (Wildman–Crippen LogP) is 2.17. The molecule has 26 heavy (non-hydrogen) atoms. The van der Waals surface area contributed by atoms with E-state index in [1.54, 1.807) is 14.2 Å². The molecule has 1 heterocycles. The van der Waals surface area contributed by atoms with E-state index in [-0.39, 0.29) is 18.7 Å². The number of aliphatic hydroxyl groups is 1. The first-order valence-electron chi connectivity index (χ1n) is 10.2. The van der Waals surface area contributed by atoms with Gasteiger partial charge in [-0.15, -0.1) is 0 Å². The first kappa shape index (κ1) is 16.4. The maximum atomic E-state index is 12.4. The first-order chi connectivity index (χ1) is 13.4. The van der Waals surface area contributed by atoms with Crippen LogP contribution >= 0.6 is 0 Å². The van der Waals surface area contributed by atoms with Crippen LogP contribution in [0.25, 0.3) is 0 Å². The maximum absolute atomic E-state index is 12.4. The van der Waals surface area contributed by atoms with Crippen LogP contribution < -0.4 is 9.47 Å². The quantitative estimate of drug-likeness (QED) is 0.802. The fraction of sp³-hybridized carbons (Fsp3) is 0.650. The number of aliphatic hydroxyl groups excluding tert-OH is 1. The van der Waals surface area contributed by atoms with Gasteiger partial charge in [0, 0.05) is 9.29 Å². The Morgan fingerprint density at radius 3 is 2.69 bits per heavy atom. The minimum atomic E-state index is -2.21. The third kappa shape index (κ3) is 4.30. The highest BCUT2D eigenvalue weighted by Gasteiger charge is 2.38. The largest absolute Gasteiger partial charge is 0.493 e. The Bertz CT molecular complexity index is 699. The van der Waals surface area contributed by atoms with Gasteiger partial charge in [-0.2, -0.15) is 0 Å². The van der Waals surface area contributed by atoms with Crippen molar-refractivity contribution < 1.29 is 26.9 Å². The molecule has 1 saturated heterocycles. The van der Waals surface area contributed by atoms with Crippen LogP contribution in [0.1, 0.15) is 40.4 Å². The third-order valence-corrected chi connectivity index (χ3v) is 5.16. The summed E-state index contributed by atoms with van der Waals surface area (Å²) in [6.07, 6.45) is 0.670. The molecule has 1 unspecified atom stereocenters. The monoisotopic (exact) mass is 365 g/mol. The van der Waals surface area contributed by atoms with Crippen molar-refractivity contribution in [3.8, 4) is 11.5 Å². The van der Waals surface area contributed by atoms with Gasteiger partial charge in [-0.1, -0.05) is 18.9 Å². The van der Waals surface area contributed by atoms with Gasteiger partial charge in [0.15, 0.2) is 11.5 Å². The zero-order valence-corrected chi connectivity index (χ0v) is 15.4. The van der Waals surface area contributed by atoms with E-state index in [1.807, 2.05) is 18.2 Å². The fourth-order valence-electron chi connectivity index (χ4n) is 3.82. The van der Waals surface area contributed by atoms with Gasteiger partial charge >= 0.3 is 0 Å². The Balaban J connectivity index is 1.61. The summed E-state index contributed by atoms with van der Waals surface area (Å²) < 4.78 is 32.3. The highest BCUT2D eigenvalue weighted by molar-refractivity contribution is 5.79. The average Bonchev–Trinajstić information content (AvgIpc) is 2.91. The summed E-state index contributed by atoms with van der Waals surface area (Å²) in [7, 11) is 3.20. The van der Waals surface area contributed by atoms with Crippen molar-refractivity contribution in [3.05, 3.63) is 23.8 Å². The van der Waals surface area contributed by atoms with Gasteiger partial charge in [-0.25, -0.2) is 0 Å². The summed E-state index contributed by atoms with van der Waals surface area (Å²) in [6, 6.07) is 5.58. The molecule has 3 rings (SSSR count). The number of carbonyl (C=O) groups is 1. The van der Waals surface area contributed by atoms with E-state index < -0.39 is 18.4 Å². The van der Waals surface area contributed by atoms with Crippen LogP contribution in [0.3, 0.4) is 0 Å². The lowest BCUT2D eigenvalue weighted by Gasteiger charge is -2.37. The van der Waals surface area contributed by atoms with E-state index in [9.17, 15) is 9.90 Å². The number of nitrogens with zero attached hydrogens (tertiary/aromatic N) is 1. The standard InChI is InChI=1S/C20H29NO5/c1-24-18-8-7-14(11-19(18)25-2)9-10-26-17-6-4-3-5-16(17)21-13-15(22)12-20(21)23/h7-8,11,15-17,22H,3-6,9-10,12-13H2,1-2H3/t15-,16-,17?/m1/s1/i12D2. The van der Waals surface area contributed by atoms with E-state index in [1.165, 1.54) is 4.90 Å². The summed E-state index contributed by atoms with van der Waals surface area (Å²) in [5.41, 5.74) is 1.06. The Hall–Kier alpha value is -1.79. The lowest BCUT2D eigenvalue weighted by Crippen LogP contribution is -2.47. The number of likely N-dealkylation sites (tertiary alicyclic amines) is 1. The molecule has 0 bridgehead atoms. The van der Waals surface area contributed by atoms with Gasteiger partial charge in [0.25, 0.3) is 0 Å².